The summed E-state index contributed by atoms with van der Waals surface area (Å²) in [4.78, 5) is 0.264. The average Bonchev–Trinajstić information content (AvgIpc) is 1.65. The summed E-state index contributed by atoms with van der Waals surface area (Å²) in [6.45, 7) is 4.66. The van der Waals surface area contributed by atoms with Crippen molar-refractivity contribution >= 4 is 11.1 Å². The van der Waals surface area contributed by atoms with Crippen LogP contribution in [-0.2, 0) is 11.1 Å². The second kappa shape index (κ2) is 2.75. The highest BCUT2D eigenvalue weighted by Gasteiger charge is 1.89. The van der Waals surface area contributed by atoms with Crippen molar-refractivity contribution in [1.29, 1.82) is 0 Å². The van der Waals surface area contributed by atoms with E-state index in [1.165, 1.54) is 6.92 Å². The Hall–Kier alpha value is -0.370. The zero-order chi connectivity index (χ0) is 5.86. The van der Waals surface area contributed by atoms with Crippen LogP contribution in [0.2, 0.25) is 0 Å². The van der Waals surface area contributed by atoms with Gasteiger partial charge in [0.05, 0.1) is 4.91 Å². The van der Waals surface area contributed by atoms with E-state index in [1.807, 2.05) is 0 Å². The summed E-state index contributed by atoms with van der Waals surface area (Å²) in [5.74, 6) is 0. The lowest BCUT2D eigenvalue weighted by atomic mass is 10.7. The first-order valence-electron chi connectivity index (χ1n) is 1.66. The normalized spacial score (nSPS) is 12.3. The molecule has 7 heavy (non-hydrogen) atoms. The molecule has 0 radical (unpaired) electrons. The van der Waals surface area contributed by atoms with Crippen LogP contribution in [-0.4, -0.2) is 8.76 Å². The van der Waals surface area contributed by atoms with Crippen LogP contribution < -0.4 is 0 Å². The lowest BCUT2D eigenvalue weighted by molar-refractivity contribution is 0.571. The Morgan fingerprint density at radius 2 is 2.43 bits per heavy atom. The van der Waals surface area contributed by atoms with Gasteiger partial charge in [0.15, 0.2) is 11.1 Å². The monoisotopic (exact) mass is 118 g/mol. The Labute approximate surface area is 44.8 Å². The lowest BCUT2D eigenvalue weighted by Crippen LogP contribution is -1.83. The van der Waals surface area contributed by atoms with Gasteiger partial charge in [0.25, 0.3) is 0 Å². The Kier molecular flexibility index (Phi) is 2.60. The van der Waals surface area contributed by atoms with Gasteiger partial charge < -0.3 is 4.55 Å². The van der Waals surface area contributed by atoms with Crippen LogP contribution in [0.5, 0.6) is 0 Å². The van der Waals surface area contributed by atoms with Crippen LogP contribution in [0, 0.1) is 0 Å². The Bertz CT molecular complexity index is 133. The van der Waals surface area contributed by atoms with E-state index in [-0.39, 0.29) is 4.91 Å². The van der Waals surface area contributed by atoms with Gasteiger partial charge in [-0.3, -0.25) is 0 Å². The molecule has 0 aromatic rings. The molecule has 1 unspecified atom stereocenters. The van der Waals surface area contributed by atoms with E-state index in [2.05, 4.69) is 12.3 Å². The van der Waals surface area contributed by atoms with Gasteiger partial charge in [0, 0.05) is 0 Å². The number of rotatable bonds is 1. The molecule has 2 nitrogen and oxygen atoms in total. The summed E-state index contributed by atoms with van der Waals surface area (Å²) in [6.07, 6.45) is 0. The van der Waals surface area contributed by atoms with Crippen LogP contribution in [0.3, 0.4) is 0 Å². The van der Waals surface area contributed by atoms with Crippen molar-refractivity contribution in [2.45, 2.75) is 6.92 Å². The predicted octanol–water partition coefficient (Wildman–Crippen LogP) is 0.897. The quantitative estimate of drug-likeness (QED) is 0.410. The van der Waals surface area contributed by atoms with Crippen molar-refractivity contribution < 1.29 is 8.76 Å². The Morgan fingerprint density at radius 1 is 2.00 bits per heavy atom. The number of hydrogen-bond acceptors (Lipinski definition) is 1. The molecule has 0 aromatic carbocycles. The van der Waals surface area contributed by atoms with Crippen LogP contribution >= 0.6 is 0 Å². The molecule has 0 spiro atoms. The van der Waals surface area contributed by atoms with Gasteiger partial charge >= 0.3 is 0 Å². The van der Waals surface area contributed by atoms with E-state index >= 15 is 0 Å². The molecule has 0 aliphatic heterocycles. The molecular formula is C4H6O2S. The standard InChI is InChI=1S/C4H6O2S/c1-3-4(2)7(5)6/h1H2,2H3,(H,5,6). The lowest BCUT2D eigenvalue weighted by Gasteiger charge is -1.81. The molecule has 0 rings (SSSR count). The minimum atomic E-state index is -1.87. The maximum atomic E-state index is 9.90. The molecule has 1 atom stereocenters. The maximum absolute atomic E-state index is 9.90. The van der Waals surface area contributed by atoms with E-state index in [4.69, 9.17) is 4.55 Å². The maximum Gasteiger partial charge on any atom is 0.189 e. The average molecular weight is 118 g/mol. The highest BCUT2D eigenvalue weighted by Crippen LogP contribution is 1.90. The summed E-state index contributed by atoms with van der Waals surface area (Å²) in [7, 11) is 0. The molecule has 0 aliphatic rings. The van der Waals surface area contributed by atoms with Crippen molar-refractivity contribution in [1.82, 2.24) is 0 Å². The fourth-order valence-corrected chi connectivity index (χ4v) is 0.185. The third kappa shape index (κ3) is 2.34. The van der Waals surface area contributed by atoms with Gasteiger partial charge in [-0.05, 0) is 6.92 Å². The van der Waals surface area contributed by atoms with Gasteiger partial charge in [-0.25, -0.2) is 4.21 Å². The molecule has 0 fully saturated rings. The van der Waals surface area contributed by atoms with E-state index in [9.17, 15) is 4.21 Å². The second-order valence-corrected chi connectivity index (χ2v) is 2.09. The first-order chi connectivity index (χ1) is 3.18. The summed E-state index contributed by atoms with van der Waals surface area (Å²) >= 11 is -1.87. The topological polar surface area (TPSA) is 37.3 Å². The van der Waals surface area contributed by atoms with Gasteiger partial charge in [-0.15, -0.1) is 5.73 Å². The third-order valence-corrected chi connectivity index (χ3v) is 1.18. The molecule has 0 aliphatic carbocycles. The fraction of sp³-hybridized carbons (Fsp3) is 0.250. The highest BCUT2D eigenvalue weighted by molar-refractivity contribution is 7.83. The van der Waals surface area contributed by atoms with E-state index in [1.54, 1.807) is 0 Å². The highest BCUT2D eigenvalue weighted by atomic mass is 32.2. The molecule has 0 aromatic heterocycles. The second-order valence-electron chi connectivity index (χ2n) is 0.982. The van der Waals surface area contributed by atoms with Crippen LogP contribution in [0.25, 0.3) is 0 Å². The molecule has 0 amide bonds. The minimum absolute atomic E-state index is 0.264. The van der Waals surface area contributed by atoms with Crippen molar-refractivity contribution in [3.05, 3.63) is 17.2 Å². The molecule has 3 heteroatoms. The first-order valence-corrected chi connectivity index (χ1v) is 2.76. The summed E-state index contributed by atoms with van der Waals surface area (Å²) in [5, 5.41) is 0. The summed E-state index contributed by atoms with van der Waals surface area (Å²) < 4.78 is 18.1. The number of allylic oxidation sites excluding steroid dienone is 1. The van der Waals surface area contributed by atoms with E-state index in [0.717, 1.165) is 0 Å². The molecule has 0 heterocycles. The largest absolute Gasteiger partial charge is 0.302 e. The van der Waals surface area contributed by atoms with Crippen molar-refractivity contribution in [3.63, 3.8) is 0 Å². The summed E-state index contributed by atoms with van der Waals surface area (Å²) in [6, 6.07) is 0. The zero-order valence-corrected chi connectivity index (χ0v) is 4.79. The van der Waals surface area contributed by atoms with E-state index < -0.39 is 11.1 Å². The molecule has 0 bridgehead atoms. The molecule has 1 N–H and O–H groups in total. The van der Waals surface area contributed by atoms with Crippen LogP contribution in [0.1, 0.15) is 6.92 Å². The Morgan fingerprint density at radius 3 is 2.43 bits per heavy atom. The minimum Gasteiger partial charge on any atom is -0.302 e. The van der Waals surface area contributed by atoms with Crippen LogP contribution in [0.4, 0.5) is 0 Å². The SMILES string of the molecule is C=C=C(C)S(=O)O. The molecule has 0 saturated heterocycles. The molecular weight excluding hydrogens is 112 g/mol. The Balaban J connectivity index is 4.10. The van der Waals surface area contributed by atoms with Gasteiger partial charge in [-0.1, -0.05) is 6.58 Å². The van der Waals surface area contributed by atoms with Gasteiger partial charge in [0.2, 0.25) is 0 Å². The molecule has 40 valence electrons. The molecule has 0 saturated carbocycles. The van der Waals surface area contributed by atoms with E-state index in [0.29, 0.717) is 0 Å². The van der Waals surface area contributed by atoms with Crippen molar-refractivity contribution in [3.8, 4) is 0 Å². The number of hydrogen-bond donors (Lipinski definition) is 1. The van der Waals surface area contributed by atoms with Crippen molar-refractivity contribution in [2.75, 3.05) is 0 Å². The van der Waals surface area contributed by atoms with Gasteiger partial charge in [0.1, 0.15) is 0 Å². The van der Waals surface area contributed by atoms with Crippen LogP contribution in [0.15, 0.2) is 17.2 Å². The van der Waals surface area contributed by atoms with Crippen molar-refractivity contribution in [2.24, 2.45) is 0 Å². The zero-order valence-electron chi connectivity index (χ0n) is 3.97. The summed E-state index contributed by atoms with van der Waals surface area (Å²) in [5.41, 5.74) is 2.28. The first kappa shape index (κ1) is 6.63. The predicted molar refractivity (Wildman–Crippen MR) is 29.1 cm³/mol. The van der Waals surface area contributed by atoms with Gasteiger partial charge in [-0.2, -0.15) is 0 Å². The third-order valence-electron chi connectivity index (χ3n) is 0.511. The smallest absolute Gasteiger partial charge is 0.189 e. The fourth-order valence-electron chi connectivity index (χ4n) is 0.0617.